The van der Waals surface area contributed by atoms with Gasteiger partial charge in [-0.1, -0.05) is 38.2 Å². The molecule has 0 fully saturated rings. The van der Waals surface area contributed by atoms with Crippen LogP contribution in [-0.4, -0.2) is 85.1 Å². The molecule has 2 bridgehead atoms. The highest BCUT2D eigenvalue weighted by atomic mass is 16.6. The zero-order valence-corrected chi connectivity index (χ0v) is 25.9. The van der Waals surface area contributed by atoms with Gasteiger partial charge in [0.2, 0.25) is 11.6 Å². The van der Waals surface area contributed by atoms with E-state index in [0.717, 1.165) is 6.08 Å². The third-order valence-electron chi connectivity index (χ3n) is 7.37. The van der Waals surface area contributed by atoms with Gasteiger partial charge in [0.15, 0.2) is 6.10 Å². The van der Waals surface area contributed by atoms with E-state index in [1.165, 1.54) is 33.3 Å². The van der Waals surface area contributed by atoms with Gasteiger partial charge in [0, 0.05) is 43.9 Å². The fraction of sp³-hybridized carbons (Fsp3) is 0.548. The number of ether oxygens (including phenoxy) is 3. The molecule has 0 aromatic heterocycles. The Labute approximate surface area is 252 Å². The molecular weight excluding hydrogens is 558 g/mol. The van der Waals surface area contributed by atoms with Crippen molar-refractivity contribution in [2.24, 2.45) is 17.6 Å². The molecule has 238 valence electrons. The van der Waals surface area contributed by atoms with Gasteiger partial charge in [-0.3, -0.25) is 14.4 Å². The van der Waals surface area contributed by atoms with Crippen LogP contribution in [0.3, 0.4) is 0 Å². The third-order valence-corrected chi connectivity index (χ3v) is 7.37. The zero-order chi connectivity index (χ0) is 32.4. The summed E-state index contributed by atoms with van der Waals surface area (Å²) in [5.41, 5.74) is 6.19. The number of ketones is 2. The quantitative estimate of drug-likeness (QED) is 0.221. The zero-order valence-electron chi connectivity index (χ0n) is 25.9. The lowest BCUT2D eigenvalue weighted by molar-refractivity contribution is -0.120. The van der Waals surface area contributed by atoms with Crippen molar-refractivity contribution in [3.05, 3.63) is 58.5 Å². The van der Waals surface area contributed by atoms with E-state index >= 15 is 0 Å². The monoisotopic (exact) mass is 603 g/mol. The number of carbonyl (C=O) groups excluding carboxylic acids is 4. The Balaban J connectivity index is 2.62. The number of carbonyl (C=O) groups is 4. The van der Waals surface area contributed by atoms with Crippen molar-refractivity contribution in [1.29, 1.82) is 0 Å². The topological polar surface area (TPSA) is 187 Å². The highest BCUT2D eigenvalue weighted by Gasteiger charge is 2.33. The summed E-state index contributed by atoms with van der Waals surface area (Å²) in [7, 11) is 2.90. The highest BCUT2D eigenvalue weighted by Crippen LogP contribution is 2.28. The van der Waals surface area contributed by atoms with Gasteiger partial charge >= 0.3 is 6.09 Å². The van der Waals surface area contributed by atoms with Gasteiger partial charge < -0.3 is 40.8 Å². The van der Waals surface area contributed by atoms with Crippen LogP contribution in [0.4, 0.5) is 4.79 Å². The lowest BCUT2D eigenvalue weighted by atomic mass is 9.85. The molecule has 0 saturated carbocycles. The van der Waals surface area contributed by atoms with Crippen LogP contribution >= 0.6 is 0 Å². The molecule has 2 amide bonds. The molecule has 0 radical (unpaired) electrons. The van der Waals surface area contributed by atoms with E-state index in [2.05, 4.69) is 10.6 Å². The smallest absolute Gasteiger partial charge is 0.405 e. The van der Waals surface area contributed by atoms with E-state index < -0.39 is 60.0 Å². The molecule has 2 rings (SSSR count). The van der Waals surface area contributed by atoms with Gasteiger partial charge in [0.1, 0.15) is 6.10 Å². The second-order valence-corrected chi connectivity index (χ2v) is 11.2. The predicted molar refractivity (Wildman–Crippen MR) is 159 cm³/mol. The molecule has 0 spiro atoms. The van der Waals surface area contributed by atoms with Crippen LogP contribution in [0.2, 0.25) is 0 Å². The summed E-state index contributed by atoms with van der Waals surface area (Å²) in [6, 6.07) is 0. The van der Waals surface area contributed by atoms with E-state index in [-0.39, 0.29) is 41.4 Å². The lowest BCUT2D eigenvalue weighted by Gasteiger charge is -2.30. The van der Waals surface area contributed by atoms with Crippen LogP contribution < -0.4 is 16.4 Å². The number of primary amides is 1. The Morgan fingerprint density at radius 2 is 1.86 bits per heavy atom. The van der Waals surface area contributed by atoms with E-state index in [1.807, 2.05) is 6.92 Å². The van der Waals surface area contributed by atoms with Crippen molar-refractivity contribution >= 4 is 23.6 Å². The average molecular weight is 604 g/mol. The van der Waals surface area contributed by atoms with Gasteiger partial charge in [0.25, 0.3) is 5.91 Å². The van der Waals surface area contributed by atoms with Crippen molar-refractivity contribution in [2.45, 2.75) is 78.0 Å². The number of aliphatic hydroxyl groups is 2. The first kappa shape index (κ1) is 35.6. The van der Waals surface area contributed by atoms with E-state index in [1.54, 1.807) is 32.9 Å². The molecule has 2 aliphatic rings. The summed E-state index contributed by atoms with van der Waals surface area (Å²) in [4.78, 5) is 51.4. The molecule has 0 aromatic carbocycles. The van der Waals surface area contributed by atoms with Gasteiger partial charge in [-0.05, 0) is 45.1 Å². The number of allylic oxidation sites excluding steroid dienone is 4. The van der Waals surface area contributed by atoms with Crippen molar-refractivity contribution < 1.29 is 43.6 Å². The summed E-state index contributed by atoms with van der Waals surface area (Å²) in [5.74, 6) is -2.35. The molecule has 12 heteroatoms. The molecule has 0 unspecified atom stereocenters. The number of hydrogen-bond acceptors (Lipinski definition) is 10. The fourth-order valence-electron chi connectivity index (χ4n) is 5.03. The number of rotatable bonds is 6. The Hall–Kier alpha value is -3.58. The van der Waals surface area contributed by atoms with Crippen LogP contribution in [0.15, 0.2) is 58.5 Å². The number of nitrogens with two attached hydrogens (primary N) is 1. The first-order chi connectivity index (χ1) is 20.2. The number of amides is 2. The number of aliphatic hydroxyl groups excluding tert-OH is 2. The van der Waals surface area contributed by atoms with Crippen LogP contribution in [0, 0.1) is 11.8 Å². The van der Waals surface area contributed by atoms with E-state index in [4.69, 9.17) is 19.9 Å². The fourth-order valence-corrected chi connectivity index (χ4v) is 5.03. The number of methoxy groups -OCH3 is 2. The molecule has 12 nitrogen and oxygen atoms in total. The minimum atomic E-state index is -1.01. The maximum absolute atomic E-state index is 13.6. The first-order valence-electron chi connectivity index (χ1n) is 14.2. The molecule has 43 heavy (non-hydrogen) atoms. The van der Waals surface area contributed by atoms with Crippen molar-refractivity contribution in [1.82, 2.24) is 10.6 Å². The highest BCUT2D eigenvalue weighted by molar-refractivity contribution is 6.23. The second-order valence-electron chi connectivity index (χ2n) is 11.2. The van der Waals surface area contributed by atoms with Gasteiger partial charge in [-0.25, -0.2) is 4.79 Å². The third kappa shape index (κ3) is 9.99. The maximum atomic E-state index is 13.6. The number of fused-ring (bicyclic) bond motifs is 2. The Bertz CT molecular complexity index is 1210. The normalized spacial score (nSPS) is 32.0. The number of Topliss-reactive ketones (excluding diaryl/α,β-unsaturated/α-hetero) is 1. The predicted octanol–water partition coefficient (Wildman–Crippen LogP) is 1.73. The molecule has 1 aliphatic carbocycles. The van der Waals surface area contributed by atoms with Crippen LogP contribution in [0.25, 0.3) is 0 Å². The molecule has 0 aromatic rings. The summed E-state index contributed by atoms with van der Waals surface area (Å²) < 4.78 is 16.5. The van der Waals surface area contributed by atoms with Crippen molar-refractivity contribution in [3.8, 4) is 0 Å². The average Bonchev–Trinajstić information content (AvgIpc) is 2.93. The lowest BCUT2D eigenvalue weighted by Crippen LogP contribution is -2.38. The number of hydrogen-bond donors (Lipinski definition) is 5. The Kier molecular flexibility index (Phi) is 13.5. The number of nitrogens with one attached hydrogen (secondary N) is 2. The van der Waals surface area contributed by atoms with Crippen molar-refractivity contribution in [3.63, 3.8) is 0 Å². The minimum Gasteiger partial charge on any atom is -0.439 e. The summed E-state index contributed by atoms with van der Waals surface area (Å²) in [6.45, 7) is 8.50. The van der Waals surface area contributed by atoms with Crippen LogP contribution in [0.1, 0.15) is 47.5 Å². The standard InChI is InChI=1S/C31H45N3O9/c1-16-11-21-26(33-15-20(5)35)23(36)14-22(28(21)38)34-30(39)17(2)9-8-10-24(41-6)29(43-31(32)40)19(4)13-18(3)27(37)25(12-16)42-7/h8-10,13-14,16,18,20,24-25,27,29,33,35,37H,11-12,15H2,1-7H3,(H2,32,40)(H,34,39)/b10-8-,17-9-,19-13-/t16-,18+,20-,24+,25+,27-,29+/m1/s1. The molecule has 7 atom stereocenters. The molecule has 6 N–H and O–H groups in total. The van der Waals surface area contributed by atoms with E-state index in [9.17, 15) is 29.4 Å². The van der Waals surface area contributed by atoms with Crippen molar-refractivity contribution in [2.75, 3.05) is 20.8 Å². The van der Waals surface area contributed by atoms with Crippen LogP contribution in [-0.2, 0) is 28.6 Å². The molecule has 1 heterocycles. The minimum absolute atomic E-state index is 0.0431. The summed E-state index contributed by atoms with van der Waals surface area (Å²) in [6.07, 6.45) is 2.72. The van der Waals surface area contributed by atoms with Gasteiger partial charge in [-0.2, -0.15) is 0 Å². The Morgan fingerprint density at radius 3 is 2.44 bits per heavy atom. The molecule has 0 saturated heterocycles. The summed E-state index contributed by atoms with van der Waals surface area (Å²) >= 11 is 0. The first-order valence-corrected chi connectivity index (χ1v) is 14.2. The summed E-state index contributed by atoms with van der Waals surface area (Å²) in [5, 5.41) is 26.4. The SMILES string of the molecule is CO[C@H]1/C=C\C=C(\C)C(=O)NC2=CC(=O)C(NC[C@@H](C)O)=C(C[C@@H](C)C[C@H](OC)[C@H](O)[C@@H](C)/C=C(/C)[C@@H]1OC(N)=O)C2=O. The van der Waals surface area contributed by atoms with Gasteiger partial charge in [0.05, 0.1) is 29.7 Å². The van der Waals surface area contributed by atoms with Gasteiger partial charge in [-0.15, -0.1) is 0 Å². The molecular formula is C31H45N3O9. The van der Waals surface area contributed by atoms with Crippen LogP contribution in [0.5, 0.6) is 0 Å². The second kappa shape index (κ2) is 16.3. The maximum Gasteiger partial charge on any atom is 0.405 e. The Morgan fingerprint density at radius 1 is 1.19 bits per heavy atom. The molecule has 1 aliphatic heterocycles. The largest absolute Gasteiger partial charge is 0.439 e. The van der Waals surface area contributed by atoms with E-state index in [0.29, 0.717) is 12.0 Å².